The van der Waals surface area contributed by atoms with E-state index in [4.69, 9.17) is 4.52 Å². The van der Waals surface area contributed by atoms with E-state index in [1.165, 1.54) is 11.4 Å². The molecule has 0 saturated carbocycles. The number of benzene rings is 1. The Bertz CT molecular complexity index is 300. The lowest BCUT2D eigenvalue weighted by Crippen LogP contribution is -2.03. The minimum absolute atomic E-state index is 0.479. The Morgan fingerprint density at radius 2 is 2.00 bits per heavy atom. The fourth-order valence-corrected chi connectivity index (χ4v) is 3.99. The molecule has 4 heteroatoms. The monoisotopic (exact) mass is 216 g/mol. The van der Waals surface area contributed by atoms with Crippen LogP contribution in [0, 0.1) is 0 Å². The van der Waals surface area contributed by atoms with Gasteiger partial charge in [-0.2, -0.15) is 0 Å². The average Bonchev–Trinajstić information content (AvgIpc) is 2.19. The summed E-state index contributed by atoms with van der Waals surface area (Å²) in [6, 6.07) is 9.33. The summed E-state index contributed by atoms with van der Waals surface area (Å²) in [5.74, 6) is 0. The van der Waals surface area contributed by atoms with Gasteiger partial charge < -0.3 is 4.52 Å². The molecule has 1 rings (SSSR count). The van der Waals surface area contributed by atoms with Crippen LogP contribution in [-0.2, 0) is 9.09 Å². The van der Waals surface area contributed by atoms with Crippen LogP contribution in [0.1, 0.15) is 6.92 Å². The predicted octanol–water partition coefficient (Wildman–Crippen LogP) is 2.90. The van der Waals surface area contributed by atoms with E-state index in [0.29, 0.717) is 6.61 Å². The topological polar surface area (TPSA) is 26.3 Å². The molecule has 1 aromatic rings. The van der Waals surface area contributed by atoms with Gasteiger partial charge in [-0.15, -0.1) is 0 Å². The van der Waals surface area contributed by atoms with E-state index in [1.54, 1.807) is 0 Å². The van der Waals surface area contributed by atoms with Crippen LogP contribution in [0.3, 0.4) is 0 Å². The summed E-state index contributed by atoms with van der Waals surface area (Å²) in [6.07, 6.45) is 1.81. The highest BCUT2D eigenvalue weighted by Gasteiger charge is 2.23. The molecule has 0 aliphatic carbocycles. The molecule has 72 valence electrons. The summed E-state index contributed by atoms with van der Waals surface area (Å²) in [5, 5.41) is 0.782. The molecule has 0 radical (unpaired) electrons. The highest BCUT2D eigenvalue weighted by atomic mass is 32.7. The number of hydrogen-bond donors (Lipinski definition) is 0. The van der Waals surface area contributed by atoms with Crippen LogP contribution in [0.5, 0.6) is 0 Å². The normalized spacial score (nSPS) is 15.2. The van der Waals surface area contributed by atoms with Crippen LogP contribution in [0.15, 0.2) is 30.3 Å². The molecule has 0 unspecified atom stereocenters. The Labute approximate surface area is 82.9 Å². The zero-order valence-corrected chi connectivity index (χ0v) is 9.48. The van der Waals surface area contributed by atoms with E-state index >= 15 is 0 Å². The minimum atomic E-state index is -2.64. The Morgan fingerprint density at radius 1 is 1.38 bits per heavy atom. The van der Waals surface area contributed by atoms with Gasteiger partial charge in [0.25, 0.3) is 6.57 Å². The van der Waals surface area contributed by atoms with Crippen molar-refractivity contribution in [2.24, 2.45) is 0 Å². The minimum Gasteiger partial charge on any atom is -0.318 e. The zero-order valence-electron chi connectivity index (χ0n) is 7.77. The first-order chi connectivity index (χ1) is 6.23. The summed E-state index contributed by atoms with van der Waals surface area (Å²) < 4.78 is 17.4. The van der Waals surface area contributed by atoms with E-state index in [2.05, 4.69) is 0 Å². The predicted molar refractivity (Wildman–Crippen MR) is 58.8 cm³/mol. The molecule has 13 heavy (non-hydrogen) atoms. The Balaban J connectivity index is 2.96. The second-order valence-electron chi connectivity index (χ2n) is 2.43. The molecule has 0 saturated heterocycles. The molecule has 0 aromatic heterocycles. The van der Waals surface area contributed by atoms with Crippen molar-refractivity contribution in [2.75, 3.05) is 12.9 Å². The third kappa shape index (κ3) is 2.60. The lowest BCUT2D eigenvalue weighted by molar-refractivity contribution is 0.353. The van der Waals surface area contributed by atoms with E-state index < -0.39 is 6.57 Å². The standard InChI is InChI=1S/C9H13O2PS/c1-3-11-12(10,13-2)9-7-5-4-6-8-9/h4-8H,3H2,1-2H3/t12-/m1/s1. The second kappa shape index (κ2) is 4.85. The number of hydrogen-bond acceptors (Lipinski definition) is 3. The molecular formula is C9H13O2PS. The molecule has 0 N–H and O–H groups in total. The average molecular weight is 216 g/mol. The van der Waals surface area contributed by atoms with Crippen LogP contribution in [-0.4, -0.2) is 12.9 Å². The molecule has 1 atom stereocenters. The molecule has 0 aliphatic heterocycles. The van der Waals surface area contributed by atoms with Crippen molar-refractivity contribution in [3.63, 3.8) is 0 Å². The summed E-state index contributed by atoms with van der Waals surface area (Å²) in [6.45, 7) is -0.304. The molecule has 0 spiro atoms. The third-order valence-corrected chi connectivity index (χ3v) is 6.01. The first kappa shape index (κ1) is 10.8. The summed E-state index contributed by atoms with van der Waals surface area (Å²) in [7, 11) is 0. The summed E-state index contributed by atoms with van der Waals surface area (Å²) >= 11 is 1.28. The van der Waals surface area contributed by atoms with Crippen molar-refractivity contribution >= 4 is 23.3 Å². The van der Waals surface area contributed by atoms with Gasteiger partial charge in [-0.1, -0.05) is 29.6 Å². The first-order valence-corrected chi connectivity index (χ1v) is 7.54. The summed E-state index contributed by atoms with van der Waals surface area (Å²) in [4.78, 5) is 0. The SMILES string of the molecule is CCO[P@@](=O)(SC)c1ccccc1. The Morgan fingerprint density at radius 3 is 2.46 bits per heavy atom. The highest BCUT2D eigenvalue weighted by molar-refractivity contribution is 8.58. The van der Waals surface area contributed by atoms with Crippen LogP contribution in [0.2, 0.25) is 0 Å². The lowest BCUT2D eigenvalue weighted by Gasteiger charge is -2.14. The Kier molecular flexibility index (Phi) is 4.04. The highest BCUT2D eigenvalue weighted by Crippen LogP contribution is 2.56. The van der Waals surface area contributed by atoms with E-state index in [9.17, 15) is 4.57 Å². The van der Waals surface area contributed by atoms with Gasteiger partial charge in [0.15, 0.2) is 0 Å². The van der Waals surface area contributed by atoms with E-state index in [0.717, 1.165) is 5.30 Å². The molecule has 0 heterocycles. The van der Waals surface area contributed by atoms with Crippen LogP contribution in [0.4, 0.5) is 0 Å². The zero-order chi connectivity index (χ0) is 9.73. The molecule has 0 bridgehead atoms. The van der Waals surface area contributed by atoms with Gasteiger partial charge in [-0.05, 0) is 25.3 Å². The fraction of sp³-hybridized carbons (Fsp3) is 0.333. The van der Waals surface area contributed by atoms with Crippen molar-refractivity contribution in [1.29, 1.82) is 0 Å². The maximum Gasteiger partial charge on any atom is 0.286 e. The fourth-order valence-electron chi connectivity index (χ4n) is 1.01. The van der Waals surface area contributed by atoms with Gasteiger partial charge in [0.2, 0.25) is 0 Å². The van der Waals surface area contributed by atoms with Gasteiger partial charge in [-0.3, -0.25) is 4.57 Å². The van der Waals surface area contributed by atoms with Gasteiger partial charge in [-0.25, -0.2) is 0 Å². The molecule has 0 fully saturated rings. The van der Waals surface area contributed by atoms with Crippen molar-refractivity contribution in [2.45, 2.75) is 6.92 Å². The number of rotatable bonds is 4. The van der Waals surface area contributed by atoms with Crippen LogP contribution < -0.4 is 5.30 Å². The Hall–Kier alpha value is -0.240. The van der Waals surface area contributed by atoms with Gasteiger partial charge >= 0.3 is 0 Å². The van der Waals surface area contributed by atoms with Crippen LogP contribution >= 0.6 is 18.0 Å². The maximum atomic E-state index is 12.1. The van der Waals surface area contributed by atoms with Crippen molar-refractivity contribution < 1.29 is 9.09 Å². The largest absolute Gasteiger partial charge is 0.318 e. The molecular weight excluding hydrogens is 203 g/mol. The van der Waals surface area contributed by atoms with Crippen molar-refractivity contribution in [3.8, 4) is 0 Å². The van der Waals surface area contributed by atoms with Crippen molar-refractivity contribution in [1.82, 2.24) is 0 Å². The molecule has 0 aliphatic rings. The quantitative estimate of drug-likeness (QED) is 0.724. The van der Waals surface area contributed by atoms with Gasteiger partial charge in [0.05, 0.1) is 6.61 Å². The summed E-state index contributed by atoms with van der Waals surface area (Å²) in [5.41, 5.74) is 0. The van der Waals surface area contributed by atoms with Gasteiger partial charge in [0.1, 0.15) is 0 Å². The molecule has 0 amide bonds. The van der Waals surface area contributed by atoms with Gasteiger partial charge in [0, 0.05) is 5.30 Å². The smallest absolute Gasteiger partial charge is 0.286 e. The second-order valence-corrected chi connectivity index (χ2v) is 7.11. The molecule has 1 aromatic carbocycles. The first-order valence-electron chi connectivity index (χ1n) is 4.09. The van der Waals surface area contributed by atoms with E-state index in [-0.39, 0.29) is 0 Å². The van der Waals surface area contributed by atoms with Crippen molar-refractivity contribution in [3.05, 3.63) is 30.3 Å². The van der Waals surface area contributed by atoms with Crippen LogP contribution in [0.25, 0.3) is 0 Å². The van der Waals surface area contributed by atoms with E-state index in [1.807, 2.05) is 43.5 Å². The maximum absolute atomic E-state index is 12.1. The third-order valence-electron chi connectivity index (χ3n) is 1.61. The molecule has 2 nitrogen and oxygen atoms in total. The lowest BCUT2D eigenvalue weighted by atomic mass is 10.4.